The second kappa shape index (κ2) is 8.36. The molecular weight excluding hydrogens is 347 g/mol. The summed E-state index contributed by atoms with van der Waals surface area (Å²) < 4.78 is 25.5. The quantitative estimate of drug-likeness (QED) is 0.776. The van der Waals surface area contributed by atoms with E-state index in [9.17, 15) is 9.18 Å². The minimum atomic E-state index is -0.476. The van der Waals surface area contributed by atoms with Gasteiger partial charge in [-0.3, -0.25) is 0 Å². The van der Waals surface area contributed by atoms with Crippen molar-refractivity contribution < 1.29 is 18.7 Å². The second-order valence-corrected chi connectivity index (χ2v) is 8.53. The first-order valence-corrected chi connectivity index (χ1v) is 9.97. The first kappa shape index (κ1) is 19.8. The molecule has 1 amide bonds. The summed E-state index contributed by atoms with van der Waals surface area (Å²) in [6, 6.07) is 5.25. The van der Waals surface area contributed by atoms with Crippen LogP contribution in [0.25, 0.3) is 0 Å². The molecule has 5 nitrogen and oxygen atoms in total. The van der Waals surface area contributed by atoms with Crippen LogP contribution in [0.4, 0.5) is 14.9 Å². The van der Waals surface area contributed by atoms with Gasteiger partial charge in [0.15, 0.2) is 11.6 Å². The van der Waals surface area contributed by atoms with Crippen LogP contribution >= 0.6 is 0 Å². The zero-order valence-electron chi connectivity index (χ0n) is 16.7. The zero-order valence-corrected chi connectivity index (χ0v) is 16.7. The molecule has 0 aliphatic carbocycles. The Bertz CT molecular complexity index is 645. The number of halogens is 1. The molecule has 2 heterocycles. The number of carbonyl (C=O) groups excluding carboxylic acids is 1. The van der Waals surface area contributed by atoms with Crippen molar-refractivity contribution >= 4 is 11.8 Å². The highest BCUT2D eigenvalue weighted by molar-refractivity contribution is 5.68. The third kappa shape index (κ3) is 5.50. The van der Waals surface area contributed by atoms with Crippen molar-refractivity contribution in [3.8, 4) is 5.75 Å². The van der Waals surface area contributed by atoms with Crippen molar-refractivity contribution in [1.29, 1.82) is 0 Å². The molecule has 0 unspecified atom stereocenters. The second-order valence-electron chi connectivity index (χ2n) is 8.53. The number of likely N-dealkylation sites (tertiary alicyclic amines) is 1. The summed E-state index contributed by atoms with van der Waals surface area (Å²) in [7, 11) is 0. The minimum absolute atomic E-state index is 0.259. The van der Waals surface area contributed by atoms with Crippen LogP contribution in [-0.4, -0.2) is 49.4 Å². The van der Waals surface area contributed by atoms with Crippen LogP contribution in [0.15, 0.2) is 18.2 Å². The van der Waals surface area contributed by atoms with Crippen molar-refractivity contribution in [2.45, 2.75) is 52.1 Å². The Hall–Kier alpha value is -1.98. The van der Waals surface area contributed by atoms with Crippen molar-refractivity contribution in [2.24, 2.45) is 5.92 Å². The summed E-state index contributed by atoms with van der Waals surface area (Å²) in [4.78, 5) is 16.1. The third-order valence-electron chi connectivity index (χ3n) is 5.13. The van der Waals surface area contributed by atoms with E-state index in [1.54, 1.807) is 17.0 Å². The highest BCUT2D eigenvalue weighted by Gasteiger charge is 2.27. The number of piperidine rings is 1. The largest absolute Gasteiger partial charge is 0.490 e. The zero-order chi connectivity index (χ0) is 19.4. The lowest BCUT2D eigenvalue weighted by Gasteiger charge is -2.33. The molecule has 0 aromatic heterocycles. The summed E-state index contributed by atoms with van der Waals surface area (Å²) in [5, 5.41) is 0. The number of rotatable bonds is 4. The Kier molecular flexibility index (Phi) is 6.12. The average Bonchev–Trinajstić information content (AvgIpc) is 3.14. The number of nitrogens with zero attached hydrogens (tertiary/aromatic N) is 2. The molecule has 0 radical (unpaired) electrons. The van der Waals surface area contributed by atoms with Crippen LogP contribution in [0.5, 0.6) is 5.75 Å². The van der Waals surface area contributed by atoms with Crippen molar-refractivity contribution in [3.63, 3.8) is 0 Å². The van der Waals surface area contributed by atoms with Gasteiger partial charge >= 0.3 is 6.09 Å². The first-order chi connectivity index (χ1) is 12.8. The molecule has 0 saturated carbocycles. The van der Waals surface area contributed by atoms with Crippen LogP contribution in [0.1, 0.15) is 46.5 Å². The van der Waals surface area contributed by atoms with Gasteiger partial charge in [0.1, 0.15) is 5.60 Å². The molecule has 27 heavy (non-hydrogen) atoms. The summed E-state index contributed by atoms with van der Waals surface area (Å²) in [5.41, 5.74) is 0.457. The van der Waals surface area contributed by atoms with Crippen LogP contribution in [0.2, 0.25) is 0 Å². The van der Waals surface area contributed by atoms with Crippen molar-refractivity contribution in [1.82, 2.24) is 4.90 Å². The fraction of sp³-hybridized carbons (Fsp3) is 0.667. The molecule has 0 atom stereocenters. The van der Waals surface area contributed by atoms with Crippen molar-refractivity contribution in [3.05, 3.63) is 24.0 Å². The molecule has 2 aliphatic rings. The monoisotopic (exact) mass is 378 g/mol. The summed E-state index contributed by atoms with van der Waals surface area (Å²) in [5.74, 6) is 0.333. The van der Waals surface area contributed by atoms with Gasteiger partial charge in [-0.05, 0) is 64.5 Å². The topological polar surface area (TPSA) is 42.0 Å². The lowest BCUT2D eigenvalue weighted by molar-refractivity contribution is 0.0164. The van der Waals surface area contributed by atoms with Gasteiger partial charge in [-0.2, -0.15) is 0 Å². The summed E-state index contributed by atoms with van der Waals surface area (Å²) in [6.07, 6.45) is 3.76. The Morgan fingerprint density at radius 2 is 1.81 bits per heavy atom. The van der Waals surface area contributed by atoms with Crippen LogP contribution in [-0.2, 0) is 4.74 Å². The molecule has 1 aromatic carbocycles. The number of anilines is 1. The lowest BCUT2D eigenvalue weighted by Crippen LogP contribution is -2.42. The number of benzene rings is 1. The van der Waals surface area contributed by atoms with E-state index in [1.807, 2.05) is 26.8 Å². The molecule has 6 heteroatoms. The van der Waals surface area contributed by atoms with Crippen LogP contribution in [0, 0.1) is 11.7 Å². The van der Waals surface area contributed by atoms with E-state index in [2.05, 4.69) is 4.90 Å². The maximum Gasteiger partial charge on any atom is 0.410 e. The number of hydrogen-bond acceptors (Lipinski definition) is 4. The molecule has 3 rings (SSSR count). The Balaban J connectivity index is 1.45. The van der Waals surface area contributed by atoms with E-state index in [4.69, 9.17) is 9.47 Å². The van der Waals surface area contributed by atoms with E-state index in [1.165, 1.54) is 12.8 Å². The van der Waals surface area contributed by atoms with Crippen molar-refractivity contribution in [2.75, 3.05) is 37.7 Å². The van der Waals surface area contributed by atoms with E-state index >= 15 is 0 Å². The molecule has 2 fully saturated rings. The van der Waals surface area contributed by atoms with Crippen LogP contribution in [0.3, 0.4) is 0 Å². The Labute approximate surface area is 161 Å². The van der Waals surface area contributed by atoms with E-state index in [-0.39, 0.29) is 11.9 Å². The number of carbonyl (C=O) groups is 1. The van der Waals surface area contributed by atoms with Gasteiger partial charge in [0, 0.05) is 37.9 Å². The SMILES string of the molecule is CC(C)(C)OC(=O)N1CCC(COc2ccc(N3CCCC3)cc2F)CC1. The highest BCUT2D eigenvalue weighted by Crippen LogP contribution is 2.27. The predicted octanol–water partition coefficient (Wildman–Crippen LogP) is 4.45. The van der Waals surface area contributed by atoms with Gasteiger partial charge in [-0.15, -0.1) is 0 Å². The fourth-order valence-corrected chi connectivity index (χ4v) is 3.60. The first-order valence-electron chi connectivity index (χ1n) is 9.97. The molecule has 150 valence electrons. The molecule has 1 aromatic rings. The van der Waals surface area contributed by atoms with Crippen LogP contribution < -0.4 is 9.64 Å². The van der Waals surface area contributed by atoms with Gasteiger partial charge in [0.25, 0.3) is 0 Å². The Morgan fingerprint density at radius 1 is 1.15 bits per heavy atom. The maximum absolute atomic E-state index is 14.4. The standard InChI is InChI=1S/C21H31FN2O3/c1-21(2,3)27-20(25)24-12-8-16(9-13-24)15-26-19-7-6-17(14-18(19)22)23-10-4-5-11-23/h6-7,14,16H,4-5,8-13,15H2,1-3H3. The lowest BCUT2D eigenvalue weighted by atomic mass is 9.98. The van der Waals surface area contributed by atoms with Gasteiger partial charge in [0.05, 0.1) is 6.61 Å². The molecule has 0 bridgehead atoms. The summed E-state index contributed by atoms with van der Waals surface area (Å²) >= 11 is 0. The molecular formula is C21H31FN2O3. The maximum atomic E-state index is 14.4. The summed E-state index contributed by atoms with van der Waals surface area (Å²) in [6.45, 7) is 9.38. The number of amides is 1. The average molecular weight is 378 g/mol. The van der Waals surface area contributed by atoms with Gasteiger partial charge in [-0.1, -0.05) is 0 Å². The Morgan fingerprint density at radius 3 is 2.41 bits per heavy atom. The van der Waals surface area contributed by atoms with Gasteiger partial charge in [-0.25, -0.2) is 9.18 Å². The van der Waals surface area contributed by atoms with E-state index in [0.717, 1.165) is 31.6 Å². The van der Waals surface area contributed by atoms with E-state index in [0.29, 0.717) is 31.4 Å². The molecule has 0 N–H and O–H groups in total. The fourth-order valence-electron chi connectivity index (χ4n) is 3.60. The minimum Gasteiger partial charge on any atom is -0.490 e. The van der Waals surface area contributed by atoms with Gasteiger partial charge < -0.3 is 19.3 Å². The normalized spacial score (nSPS) is 18.7. The van der Waals surface area contributed by atoms with Gasteiger partial charge in [0.2, 0.25) is 0 Å². The van der Waals surface area contributed by atoms with E-state index < -0.39 is 5.60 Å². The predicted molar refractivity (Wildman–Crippen MR) is 104 cm³/mol. The number of hydrogen-bond donors (Lipinski definition) is 0. The molecule has 2 saturated heterocycles. The third-order valence-corrected chi connectivity index (χ3v) is 5.13. The molecule has 2 aliphatic heterocycles. The smallest absolute Gasteiger partial charge is 0.410 e. The number of ether oxygens (including phenoxy) is 2. The molecule has 0 spiro atoms. The highest BCUT2D eigenvalue weighted by atomic mass is 19.1.